The molecule has 0 atom stereocenters. The molecule has 134 valence electrons. The summed E-state index contributed by atoms with van der Waals surface area (Å²) in [6.45, 7) is 1.83. The smallest absolute Gasteiger partial charge is 0.255 e. The highest BCUT2D eigenvalue weighted by atomic mass is 16.5. The lowest BCUT2D eigenvalue weighted by atomic mass is 10.0. The predicted octanol–water partition coefficient (Wildman–Crippen LogP) is 3.77. The number of carbonyl (C=O) groups excluding carboxylic acids is 1. The van der Waals surface area contributed by atoms with Gasteiger partial charge in [0.2, 0.25) is 0 Å². The molecule has 1 fully saturated rings. The van der Waals surface area contributed by atoms with Crippen LogP contribution in [-0.4, -0.2) is 31.0 Å². The average molecular weight is 350 g/mol. The highest BCUT2D eigenvalue weighted by molar-refractivity contribution is 5.97. The molecule has 0 unspecified atom stereocenters. The maximum atomic E-state index is 12.9. The van der Waals surface area contributed by atoms with Gasteiger partial charge >= 0.3 is 0 Å². The Morgan fingerprint density at radius 2 is 1.85 bits per heavy atom. The van der Waals surface area contributed by atoms with Crippen LogP contribution in [0.4, 0.5) is 0 Å². The zero-order valence-corrected chi connectivity index (χ0v) is 14.9. The Kier molecular flexibility index (Phi) is 5.75. The van der Waals surface area contributed by atoms with Gasteiger partial charge in [-0.05, 0) is 30.9 Å². The molecule has 0 N–H and O–H groups in total. The molecule has 2 aromatic carbocycles. The quantitative estimate of drug-likeness (QED) is 0.823. The van der Waals surface area contributed by atoms with E-state index < -0.39 is 0 Å². The van der Waals surface area contributed by atoms with Crippen LogP contribution in [0.1, 0.15) is 40.7 Å². The predicted molar refractivity (Wildman–Crippen MR) is 98.2 cm³/mol. The summed E-state index contributed by atoms with van der Waals surface area (Å²) in [5.41, 5.74) is 1.70. The molecular weight excluding hydrogens is 328 g/mol. The molecule has 5 nitrogen and oxygen atoms in total. The van der Waals surface area contributed by atoms with Gasteiger partial charge in [-0.2, -0.15) is 5.26 Å². The van der Waals surface area contributed by atoms with Crippen molar-refractivity contribution in [2.45, 2.75) is 25.9 Å². The Morgan fingerprint density at radius 1 is 1.12 bits per heavy atom. The van der Waals surface area contributed by atoms with Crippen LogP contribution in [0.3, 0.4) is 0 Å². The lowest BCUT2D eigenvalue weighted by molar-refractivity contribution is 0.0723. The summed E-state index contributed by atoms with van der Waals surface area (Å²) in [5.74, 6) is 0.803. The number of rotatable bonds is 5. The normalized spacial score (nSPS) is 13.8. The fraction of sp³-hybridized carbons (Fsp3) is 0.333. The number of amides is 1. The Morgan fingerprint density at radius 3 is 2.50 bits per heavy atom. The third kappa shape index (κ3) is 3.97. The minimum absolute atomic E-state index is 0.117. The van der Waals surface area contributed by atoms with Crippen LogP contribution in [0.15, 0.2) is 42.5 Å². The molecule has 2 aromatic rings. The molecule has 26 heavy (non-hydrogen) atoms. The van der Waals surface area contributed by atoms with E-state index in [2.05, 4.69) is 6.07 Å². The summed E-state index contributed by atoms with van der Waals surface area (Å²) in [6, 6.07) is 15.1. The van der Waals surface area contributed by atoms with Gasteiger partial charge in [0.25, 0.3) is 5.91 Å². The number of likely N-dealkylation sites (tertiary alicyclic amines) is 1. The Labute approximate surface area is 153 Å². The number of ether oxygens (including phenoxy) is 2. The van der Waals surface area contributed by atoms with Gasteiger partial charge in [0.15, 0.2) is 11.5 Å². The first-order valence-corrected chi connectivity index (χ1v) is 8.81. The highest BCUT2D eigenvalue weighted by Gasteiger charge is 2.23. The number of nitriles is 1. The van der Waals surface area contributed by atoms with Gasteiger partial charge in [0.1, 0.15) is 12.7 Å². The van der Waals surface area contributed by atoms with Crippen LogP contribution in [0.25, 0.3) is 0 Å². The summed E-state index contributed by atoms with van der Waals surface area (Å²) in [7, 11) is 1.53. The van der Waals surface area contributed by atoms with Crippen molar-refractivity contribution in [3.8, 4) is 17.6 Å². The van der Waals surface area contributed by atoms with Gasteiger partial charge in [-0.15, -0.1) is 0 Å². The largest absolute Gasteiger partial charge is 0.493 e. The zero-order valence-electron chi connectivity index (χ0n) is 14.9. The zero-order chi connectivity index (χ0) is 18.4. The Hall–Kier alpha value is -3.00. The van der Waals surface area contributed by atoms with E-state index in [9.17, 15) is 10.1 Å². The van der Waals surface area contributed by atoms with E-state index in [0.717, 1.165) is 37.9 Å². The van der Waals surface area contributed by atoms with Crippen molar-refractivity contribution in [1.82, 2.24) is 4.90 Å². The fourth-order valence-electron chi connectivity index (χ4n) is 3.10. The van der Waals surface area contributed by atoms with Crippen molar-refractivity contribution in [3.05, 3.63) is 59.2 Å². The Balaban J connectivity index is 1.88. The maximum Gasteiger partial charge on any atom is 0.255 e. The van der Waals surface area contributed by atoms with Crippen molar-refractivity contribution in [1.29, 1.82) is 5.26 Å². The molecule has 0 radical (unpaired) electrons. The van der Waals surface area contributed by atoms with E-state index in [4.69, 9.17) is 9.47 Å². The average Bonchev–Trinajstić information content (AvgIpc) is 2.72. The second-order valence-corrected chi connectivity index (χ2v) is 6.29. The van der Waals surface area contributed by atoms with E-state index in [0.29, 0.717) is 29.2 Å². The Bertz CT molecular complexity index is 806. The number of carbonyl (C=O) groups is 1. The van der Waals surface area contributed by atoms with Crippen molar-refractivity contribution in [2.24, 2.45) is 0 Å². The molecule has 1 aliphatic heterocycles. The summed E-state index contributed by atoms with van der Waals surface area (Å²) in [6.07, 6.45) is 3.14. The molecule has 1 aliphatic rings. The number of hydrogen-bond acceptors (Lipinski definition) is 4. The summed E-state index contributed by atoms with van der Waals surface area (Å²) >= 11 is 0. The van der Waals surface area contributed by atoms with E-state index >= 15 is 0 Å². The van der Waals surface area contributed by atoms with Gasteiger partial charge in [-0.25, -0.2) is 0 Å². The van der Waals surface area contributed by atoms with Gasteiger partial charge < -0.3 is 14.4 Å². The number of piperidine rings is 1. The standard InChI is InChI=1S/C21H22N2O3/c1-25-19-12-17(14-22)18(21(24)23-10-6-3-7-11-23)13-20(19)26-15-16-8-4-2-5-9-16/h2,4-5,8-9,12-13H,3,6-7,10-11,15H2,1H3. The van der Waals surface area contributed by atoms with Gasteiger partial charge in [-0.1, -0.05) is 30.3 Å². The molecule has 0 spiro atoms. The number of benzene rings is 2. The second kappa shape index (κ2) is 8.39. The van der Waals surface area contributed by atoms with Crippen molar-refractivity contribution in [3.63, 3.8) is 0 Å². The van der Waals surface area contributed by atoms with Crippen LogP contribution in [-0.2, 0) is 6.61 Å². The van der Waals surface area contributed by atoms with Crippen molar-refractivity contribution in [2.75, 3.05) is 20.2 Å². The summed E-state index contributed by atoms with van der Waals surface area (Å²) in [4.78, 5) is 14.7. The molecule has 0 aromatic heterocycles. The van der Waals surface area contributed by atoms with Crippen LogP contribution >= 0.6 is 0 Å². The van der Waals surface area contributed by atoms with Gasteiger partial charge in [-0.3, -0.25) is 4.79 Å². The summed E-state index contributed by atoms with van der Waals surface area (Å²) in [5, 5.41) is 9.47. The van der Waals surface area contributed by atoms with Crippen molar-refractivity contribution < 1.29 is 14.3 Å². The molecule has 5 heteroatoms. The van der Waals surface area contributed by atoms with E-state index in [1.165, 1.54) is 7.11 Å². The first-order valence-electron chi connectivity index (χ1n) is 8.81. The lowest BCUT2D eigenvalue weighted by Gasteiger charge is -2.27. The molecule has 1 saturated heterocycles. The first-order chi connectivity index (χ1) is 12.7. The third-order valence-corrected chi connectivity index (χ3v) is 4.54. The molecule has 1 amide bonds. The number of nitrogens with zero attached hydrogens (tertiary/aromatic N) is 2. The first kappa shape index (κ1) is 17.8. The molecule has 3 rings (SSSR count). The van der Waals surface area contributed by atoms with Crippen molar-refractivity contribution >= 4 is 5.91 Å². The lowest BCUT2D eigenvalue weighted by Crippen LogP contribution is -2.36. The van der Waals surface area contributed by atoms with E-state index in [1.807, 2.05) is 35.2 Å². The van der Waals surface area contributed by atoms with Crippen LogP contribution < -0.4 is 9.47 Å². The SMILES string of the molecule is COc1cc(C#N)c(C(=O)N2CCCCC2)cc1OCc1ccccc1. The summed E-state index contributed by atoms with van der Waals surface area (Å²) < 4.78 is 11.2. The molecular formula is C21H22N2O3. The molecule has 0 bridgehead atoms. The highest BCUT2D eigenvalue weighted by Crippen LogP contribution is 2.32. The minimum Gasteiger partial charge on any atom is -0.493 e. The van der Waals surface area contributed by atoms with Gasteiger partial charge in [0.05, 0.1) is 18.2 Å². The van der Waals surface area contributed by atoms with Gasteiger partial charge in [0, 0.05) is 19.2 Å². The molecule has 0 saturated carbocycles. The number of hydrogen-bond donors (Lipinski definition) is 0. The molecule has 0 aliphatic carbocycles. The van der Waals surface area contributed by atoms with Crippen LogP contribution in [0.2, 0.25) is 0 Å². The van der Waals surface area contributed by atoms with Crippen LogP contribution in [0.5, 0.6) is 11.5 Å². The third-order valence-electron chi connectivity index (χ3n) is 4.54. The number of methoxy groups -OCH3 is 1. The van der Waals surface area contributed by atoms with E-state index in [-0.39, 0.29) is 5.91 Å². The molecule has 1 heterocycles. The topological polar surface area (TPSA) is 62.6 Å². The minimum atomic E-state index is -0.117. The monoisotopic (exact) mass is 350 g/mol. The van der Waals surface area contributed by atoms with Crippen LogP contribution in [0, 0.1) is 11.3 Å². The maximum absolute atomic E-state index is 12.9. The van der Waals surface area contributed by atoms with E-state index in [1.54, 1.807) is 12.1 Å². The second-order valence-electron chi connectivity index (χ2n) is 6.29. The fourth-order valence-corrected chi connectivity index (χ4v) is 3.10.